The molecule has 4 nitrogen and oxygen atoms in total. The van der Waals surface area contributed by atoms with Gasteiger partial charge in [-0.2, -0.15) is 5.10 Å². The average Bonchev–Trinajstić information content (AvgIpc) is 3.10. The van der Waals surface area contributed by atoms with Gasteiger partial charge in [0.05, 0.1) is 12.3 Å². The predicted octanol–water partition coefficient (Wildman–Crippen LogP) is 3.04. The summed E-state index contributed by atoms with van der Waals surface area (Å²) < 4.78 is 5.35. The van der Waals surface area contributed by atoms with Crippen LogP contribution in [0.15, 0.2) is 45.4 Å². The van der Waals surface area contributed by atoms with Crippen molar-refractivity contribution in [2.24, 2.45) is 5.10 Å². The number of nitrogens with zero attached hydrogens (tertiary/aromatic N) is 2. The van der Waals surface area contributed by atoms with Crippen molar-refractivity contribution in [1.29, 1.82) is 0 Å². The lowest BCUT2D eigenvalue weighted by Crippen LogP contribution is -2.23. The van der Waals surface area contributed by atoms with Gasteiger partial charge in [0.1, 0.15) is 11.5 Å². The first-order chi connectivity index (χ1) is 8.75. The number of hydrazone groups is 1. The van der Waals surface area contributed by atoms with Gasteiger partial charge in [-0.25, -0.2) is 5.01 Å². The van der Waals surface area contributed by atoms with Crippen LogP contribution in [0.5, 0.6) is 0 Å². The molecular weight excluding hydrogens is 248 g/mol. The second-order valence-electron chi connectivity index (χ2n) is 4.12. The van der Waals surface area contributed by atoms with E-state index in [0.717, 1.165) is 16.3 Å². The van der Waals surface area contributed by atoms with Gasteiger partial charge in [-0.15, -0.1) is 11.3 Å². The average molecular weight is 260 g/mol. The van der Waals surface area contributed by atoms with E-state index in [1.165, 1.54) is 6.92 Å². The molecule has 1 atom stereocenters. The molecule has 1 aliphatic heterocycles. The van der Waals surface area contributed by atoms with Crippen molar-refractivity contribution in [3.05, 3.63) is 46.5 Å². The predicted molar refractivity (Wildman–Crippen MR) is 69.4 cm³/mol. The van der Waals surface area contributed by atoms with Crippen LogP contribution in [0.4, 0.5) is 0 Å². The standard InChI is InChI=1S/C13H12N2O2S/c1-9(16)15-11(13-5-3-7-18-13)8-10(14-15)12-4-2-6-17-12/h2-7,11H,8H2,1H3/t11-/m0/s1. The first-order valence-electron chi connectivity index (χ1n) is 5.70. The molecule has 0 unspecified atom stereocenters. The fourth-order valence-corrected chi connectivity index (χ4v) is 2.91. The molecule has 18 heavy (non-hydrogen) atoms. The molecule has 0 aliphatic carbocycles. The lowest BCUT2D eigenvalue weighted by molar-refractivity contribution is -0.130. The van der Waals surface area contributed by atoms with E-state index in [-0.39, 0.29) is 11.9 Å². The van der Waals surface area contributed by atoms with Gasteiger partial charge in [0.2, 0.25) is 5.91 Å². The Morgan fingerprint density at radius 1 is 1.50 bits per heavy atom. The van der Waals surface area contributed by atoms with Crippen LogP contribution >= 0.6 is 11.3 Å². The third-order valence-electron chi connectivity index (χ3n) is 2.91. The molecule has 2 aromatic heterocycles. The molecule has 3 rings (SSSR count). The summed E-state index contributed by atoms with van der Waals surface area (Å²) in [5.41, 5.74) is 0.827. The maximum Gasteiger partial charge on any atom is 0.240 e. The van der Waals surface area contributed by atoms with Crippen LogP contribution in [0.1, 0.15) is 30.0 Å². The number of carbonyl (C=O) groups excluding carboxylic acids is 1. The molecule has 0 fully saturated rings. The molecule has 0 bridgehead atoms. The number of thiophene rings is 1. The summed E-state index contributed by atoms with van der Waals surface area (Å²) in [7, 11) is 0. The molecule has 5 heteroatoms. The van der Waals surface area contributed by atoms with Crippen LogP contribution in [0.3, 0.4) is 0 Å². The topological polar surface area (TPSA) is 45.8 Å². The van der Waals surface area contributed by atoms with Crippen molar-refractivity contribution in [2.45, 2.75) is 19.4 Å². The monoisotopic (exact) mass is 260 g/mol. The molecule has 92 valence electrons. The maximum atomic E-state index is 11.7. The van der Waals surface area contributed by atoms with E-state index in [9.17, 15) is 4.79 Å². The van der Waals surface area contributed by atoms with Gasteiger partial charge in [0.25, 0.3) is 0 Å². The summed E-state index contributed by atoms with van der Waals surface area (Å²) in [6, 6.07) is 7.72. The summed E-state index contributed by atoms with van der Waals surface area (Å²) in [6.45, 7) is 1.54. The van der Waals surface area contributed by atoms with E-state index in [0.29, 0.717) is 6.42 Å². The van der Waals surface area contributed by atoms with Gasteiger partial charge < -0.3 is 4.42 Å². The van der Waals surface area contributed by atoms with E-state index in [1.807, 2.05) is 29.6 Å². The quantitative estimate of drug-likeness (QED) is 0.833. The highest BCUT2D eigenvalue weighted by Gasteiger charge is 2.32. The normalized spacial score (nSPS) is 19.1. The minimum absolute atomic E-state index is 0.00241. The minimum Gasteiger partial charge on any atom is -0.463 e. The Hall–Kier alpha value is -1.88. The number of hydrogen-bond acceptors (Lipinski definition) is 4. The molecule has 1 aliphatic rings. The van der Waals surface area contributed by atoms with Crippen molar-refractivity contribution >= 4 is 23.0 Å². The van der Waals surface area contributed by atoms with Crippen molar-refractivity contribution in [1.82, 2.24) is 5.01 Å². The van der Waals surface area contributed by atoms with Gasteiger partial charge in [-0.1, -0.05) is 6.07 Å². The van der Waals surface area contributed by atoms with E-state index >= 15 is 0 Å². The lowest BCUT2D eigenvalue weighted by Gasteiger charge is -2.18. The molecule has 0 saturated heterocycles. The minimum atomic E-state index is -0.0463. The van der Waals surface area contributed by atoms with Crippen LogP contribution in [0.25, 0.3) is 0 Å². The Kier molecular flexibility index (Phi) is 2.76. The zero-order chi connectivity index (χ0) is 12.5. The molecule has 0 aromatic carbocycles. The Morgan fingerprint density at radius 2 is 2.39 bits per heavy atom. The van der Waals surface area contributed by atoms with Crippen molar-refractivity contribution in [3.8, 4) is 0 Å². The Balaban J connectivity index is 1.93. The molecule has 1 amide bonds. The molecule has 0 radical (unpaired) electrons. The highest BCUT2D eigenvalue weighted by Crippen LogP contribution is 2.34. The molecule has 0 saturated carbocycles. The fourth-order valence-electron chi connectivity index (χ4n) is 2.09. The van der Waals surface area contributed by atoms with E-state index < -0.39 is 0 Å². The van der Waals surface area contributed by atoms with Crippen molar-refractivity contribution in [3.63, 3.8) is 0 Å². The summed E-state index contributed by atoms with van der Waals surface area (Å²) >= 11 is 1.64. The molecular formula is C13H12N2O2S. The Morgan fingerprint density at radius 3 is 3.00 bits per heavy atom. The maximum absolute atomic E-state index is 11.7. The molecule has 0 N–H and O–H groups in total. The third kappa shape index (κ3) is 1.86. The fraction of sp³-hybridized carbons (Fsp3) is 0.231. The first kappa shape index (κ1) is 11.2. The first-order valence-corrected chi connectivity index (χ1v) is 6.58. The summed E-state index contributed by atoms with van der Waals surface area (Å²) in [4.78, 5) is 12.8. The highest BCUT2D eigenvalue weighted by molar-refractivity contribution is 7.10. The van der Waals surface area contributed by atoms with Crippen molar-refractivity contribution in [2.75, 3.05) is 0 Å². The second kappa shape index (κ2) is 4.42. The van der Waals surface area contributed by atoms with Crippen LogP contribution < -0.4 is 0 Å². The number of rotatable bonds is 2. The largest absolute Gasteiger partial charge is 0.463 e. The van der Waals surface area contributed by atoms with Crippen LogP contribution in [0.2, 0.25) is 0 Å². The van der Waals surface area contributed by atoms with Crippen LogP contribution in [-0.2, 0) is 4.79 Å². The number of furan rings is 1. The van der Waals surface area contributed by atoms with Gasteiger partial charge in [0, 0.05) is 18.2 Å². The number of carbonyl (C=O) groups is 1. The zero-order valence-electron chi connectivity index (χ0n) is 9.87. The van der Waals surface area contributed by atoms with Crippen LogP contribution in [-0.4, -0.2) is 16.6 Å². The summed E-state index contributed by atoms with van der Waals surface area (Å²) in [5, 5.41) is 7.94. The summed E-state index contributed by atoms with van der Waals surface area (Å²) in [6.07, 6.45) is 2.32. The third-order valence-corrected chi connectivity index (χ3v) is 3.88. The van der Waals surface area contributed by atoms with Gasteiger partial charge in [-0.3, -0.25) is 4.79 Å². The number of hydrogen-bond donors (Lipinski definition) is 0. The SMILES string of the molecule is CC(=O)N1N=C(c2ccco2)C[C@H]1c1cccs1. The van der Waals surface area contributed by atoms with Crippen molar-refractivity contribution < 1.29 is 9.21 Å². The molecule has 2 aromatic rings. The molecule has 0 spiro atoms. The van der Waals surface area contributed by atoms with E-state index in [4.69, 9.17) is 4.42 Å². The van der Waals surface area contributed by atoms with Gasteiger partial charge >= 0.3 is 0 Å². The number of amides is 1. The smallest absolute Gasteiger partial charge is 0.240 e. The van der Waals surface area contributed by atoms with Gasteiger partial charge in [0.15, 0.2) is 0 Å². The summed E-state index contributed by atoms with van der Waals surface area (Å²) in [5.74, 6) is 0.690. The van der Waals surface area contributed by atoms with E-state index in [1.54, 1.807) is 22.6 Å². The Bertz CT molecular complexity index is 572. The van der Waals surface area contributed by atoms with Crippen LogP contribution in [0, 0.1) is 0 Å². The Labute approximate surface area is 109 Å². The highest BCUT2D eigenvalue weighted by atomic mass is 32.1. The van der Waals surface area contributed by atoms with Gasteiger partial charge in [-0.05, 0) is 23.6 Å². The van der Waals surface area contributed by atoms with E-state index in [2.05, 4.69) is 5.10 Å². The second-order valence-corrected chi connectivity index (χ2v) is 5.10. The zero-order valence-corrected chi connectivity index (χ0v) is 10.7. The molecule has 3 heterocycles. The lowest BCUT2D eigenvalue weighted by atomic mass is 10.1.